The fourth-order valence-corrected chi connectivity index (χ4v) is 2.96. The van der Waals surface area contributed by atoms with Crippen LogP contribution in [0.5, 0.6) is 17.2 Å². The molecule has 1 amide bonds. The van der Waals surface area contributed by atoms with Crippen molar-refractivity contribution in [3.8, 4) is 17.2 Å². The normalized spacial score (nSPS) is 10.6. The predicted octanol–water partition coefficient (Wildman–Crippen LogP) is 5.24. The average Bonchev–Trinajstić information content (AvgIpc) is 2.76. The molecule has 3 aromatic carbocycles. The Morgan fingerprint density at radius 2 is 1.63 bits per heavy atom. The SMILES string of the molecule is CCOc1ccc(Oc2ccccc2NC(=O)c2cc(=O)c3ccccc3o2)cc1. The minimum atomic E-state index is -0.541. The summed E-state index contributed by atoms with van der Waals surface area (Å²) in [5, 5.41) is 3.17. The minimum absolute atomic E-state index is 0.0745. The molecule has 0 radical (unpaired) electrons. The molecule has 0 spiro atoms. The molecule has 0 aliphatic carbocycles. The number of carbonyl (C=O) groups is 1. The number of nitrogens with one attached hydrogen (secondary N) is 1. The summed E-state index contributed by atoms with van der Waals surface area (Å²) in [6, 6.07) is 22.2. The second-order valence-electron chi connectivity index (χ2n) is 6.43. The number of para-hydroxylation sites is 3. The second-order valence-corrected chi connectivity index (χ2v) is 6.43. The number of benzene rings is 3. The van der Waals surface area contributed by atoms with E-state index in [-0.39, 0.29) is 11.2 Å². The highest BCUT2D eigenvalue weighted by Crippen LogP contribution is 2.30. The summed E-state index contributed by atoms with van der Waals surface area (Å²) in [5.41, 5.74) is 0.530. The molecule has 0 fully saturated rings. The lowest BCUT2D eigenvalue weighted by Crippen LogP contribution is -2.15. The Bertz CT molecular complexity index is 1240. The van der Waals surface area contributed by atoms with Crippen LogP contribution in [-0.2, 0) is 0 Å². The highest BCUT2D eigenvalue weighted by atomic mass is 16.5. The van der Waals surface area contributed by atoms with Gasteiger partial charge in [-0.25, -0.2) is 0 Å². The van der Waals surface area contributed by atoms with Crippen LogP contribution in [0.1, 0.15) is 17.5 Å². The highest BCUT2D eigenvalue weighted by molar-refractivity contribution is 6.03. The lowest BCUT2D eigenvalue weighted by molar-refractivity contribution is 0.0997. The number of fused-ring (bicyclic) bond motifs is 1. The van der Waals surface area contributed by atoms with Crippen molar-refractivity contribution < 1.29 is 18.7 Å². The molecule has 0 saturated carbocycles. The summed E-state index contributed by atoms with van der Waals surface area (Å²) < 4.78 is 16.9. The molecule has 4 rings (SSSR count). The van der Waals surface area contributed by atoms with E-state index in [2.05, 4.69) is 5.32 Å². The third kappa shape index (κ3) is 4.17. The molecular formula is C24H19NO5. The van der Waals surface area contributed by atoms with Crippen LogP contribution in [0.2, 0.25) is 0 Å². The van der Waals surface area contributed by atoms with E-state index >= 15 is 0 Å². The fourth-order valence-electron chi connectivity index (χ4n) is 2.96. The van der Waals surface area contributed by atoms with Crippen molar-refractivity contribution in [3.05, 3.63) is 94.8 Å². The van der Waals surface area contributed by atoms with E-state index in [9.17, 15) is 9.59 Å². The Balaban J connectivity index is 1.57. The van der Waals surface area contributed by atoms with Crippen LogP contribution in [0.3, 0.4) is 0 Å². The molecule has 0 bridgehead atoms. The molecule has 1 aromatic heterocycles. The maximum Gasteiger partial charge on any atom is 0.291 e. The van der Waals surface area contributed by atoms with E-state index in [4.69, 9.17) is 13.9 Å². The first-order chi connectivity index (χ1) is 14.6. The lowest BCUT2D eigenvalue weighted by atomic mass is 10.2. The number of ether oxygens (including phenoxy) is 2. The number of anilines is 1. The molecule has 0 saturated heterocycles. The molecule has 1 heterocycles. The third-order valence-electron chi connectivity index (χ3n) is 4.36. The van der Waals surface area contributed by atoms with E-state index in [1.54, 1.807) is 60.7 Å². The minimum Gasteiger partial charge on any atom is -0.494 e. The zero-order valence-corrected chi connectivity index (χ0v) is 16.3. The van der Waals surface area contributed by atoms with Crippen molar-refractivity contribution in [1.29, 1.82) is 0 Å². The number of rotatable bonds is 6. The summed E-state index contributed by atoms with van der Waals surface area (Å²) in [4.78, 5) is 25.0. The Labute approximate surface area is 172 Å². The summed E-state index contributed by atoms with van der Waals surface area (Å²) in [6.45, 7) is 2.50. The van der Waals surface area contributed by atoms with E-state index < -0.39 is 5.91 Å². The van der Waals surface area contributed by atoms with E-state index in [1.807, 2.05) is 19.1 Å². The predicted molar refractivity (Wildman–Crippen MR) is 115 cm³/mol. The van der Waals surface area contributed by atoms with Crippen molar-refractivity contribution in [2.75, 3.05) is 11.9 Å². The van der Waals surface area contributed by atoms with Crippen molar-refractivity contribution in [3.63, 3.8) is 0 Å². The summed E-state index contributed by atoms with van der Waals surface area (Å²) in [5.74, 6) is 1.18. The Hall–Kier alpha value is -4.06. The van der Waals surface area contributed by atoms with Gasteiger partial charge in [0.15, 0.2) is 16.9 Å². The summed E-state index contributed by atoms with van der Waals surface area (Å²) in [7, 11) is 0. The van der Waals surface area contributed by atoms with Crippen LogP contribution in [0.15, 0.2) is 88.1 Å². The number of carbonyl (C=O) groups excluding carboxylic acids is 1. The van der Waals surface area contributed by atoms with Crippen molar-refractivity contribution >= 4 is 22.6 Å². The molecule has 0 aliphatic rings. The van der Waals surface area contributed by atoms with Gasteiger partial charge >= 0.3 is 0 Å². The first-order valence-electron chi connectivity index (χ1n) is 9.48. The van der Waals surface area contributed by atoms with Gasteiger partial charge in [-0.05, 0) is 55.5 Å². The molecule has 30 heavy (non-hydrogen) atoms. The topological polar surface area (TPSA) is 77.8 Å². The van der Waals surface area contributed by atoms with Crippen LogP contribution in [0.4, 0.5) is 5.69 Å². The van der Waals surface area contributed by atoms with Crippen molar-refractivity contribution in [2.24, 2.45) is 0 Å². The van der Waals surface area contributed by atoms with E-state index in [0.29, 0.717) is 34.8 Å². The molecule has 0 aliphatic heterocycles. The van der Waals surface area contributed by atoms with Gasteiger partial charge in [-0.1, -0.05) is 24.3 Å². The van der Waals surface area contributed by atoms with E-state index in [1.165, 1.54) is 6.07 Å². The van der Waals surface area contributed by atoms with Crippen molar-refractivity contribution in [2.45, 2.75) is 6.92 Å². The van der Waals surface area contributed by atoms with E-state index in [0.717, 1.165) is 5.75 Å². The fraction of sp³-hybridized carbons (Fsp3) is 0.0833. The maximum atomic E-state index is 12.7. The van der Waals surface area contributed by atoms with Gasteiger partial charge in [0.2, 0.25) is 0 Å². The van der Waals surface area contributed by atoms with Gasteiger partial charge in [0, 0.05) is 6.07 Å². The quantitative estimate of drug-likeness (QED) is 0.478. The zero-order chi connectivity index (χ0) is 20.9. The van der Waals surface area contributed by atoms with Gasteiger partial charge in [-0.15, -0.1) is 0 Å². The second kappa shape index (κ2) is 8.53. The Morgan fingerprint density at radius 3 is 2.43 bits per heavy atom. The largest absolute Gasteiger partial charge is 0.494 e. The molecule has 0 atom stereocenters. The summed E-state index contributed by atoms with van der Waals surface area (Å²) in [6.07, 6.45) is 0. The van der Waals surface area contributed by atoms with Gasteiger partial charge in [-0.2, -0.15) is 0 Å². The van der Waals surface area contributed by atoms with Gasteiger partial charge in [0.1, 0.15) is 17.1 Å². The molecule has 0 unspecified atom stereocenters. The van der Waals surface area contributed by atoms with Crippen molar-refractivity contribution in [1.82, 2.24) is 0 Å². The lowest BCUT2D eigenvalue weighted by Gasteiger charge is -2.12. The molecule has 4 aromatic rings. The van der Waals surface area contributed by atoms with Crippen LogP contribution in [-0.4, -0.2) is 12.5 Å². The monoisotopic (exact) mass is 401 g/mol. The van der Waals surface area contributed by atoms with Crippen LogP contribution in [0, 0.1) is 0 Å². The molecule has 1 N–H and O–H groups in total. The number of hydrogen-bond acceptors (Lipinski definition) is 5. The maximum absolute atomic E-state index is 12.7. The Kier molecular flexibility index (Phi) is 5.48. The Morgan fingerprint density at radius 1 is 0.933 bits per heavy atom. The summed E-state index contributed by atoms with van der Waals surface area (Å²) >= 11 is 0. The average molecular weight is 401 g/mol. The standard InChI is InChI=1S/C24H19NO5/c1-2-28-16-11-13-17(14-12-16)29-22-10-6-4-8-19(22)25-24(27)23-15-20(26)18-7-3-5-9-21(18)30-23/h3-15H,2H2,1H3,(H,25,27). The molecular weight excluding hydrogens is 382 g/mol. The number of amides is 1. The van der Waals surface area contributed by atoms with Crippen LogP contribution < -0.4 is 20.2 Å². The number of hydrogen-bond donors (Lipinski definition) is 1. The van der Waals surface area contributed by atoms with Crippen LogP contribution in [0.25, 0.3) is 11.0 Å². The first kappa shape index (κ1) is 19.3. The van der Waals surface area contributed by atoms with Gasteiger partial charge in [0.05, 0.1) is 17.7 Å². The van der Waals surface area contributed by atoms with Gasteiger partial charge in [-0.3, -0.25) is 9.59 Å². The smallest absolute Gasteiger partial charge is 0.291 e. The highest BCUT2D eigenvalue weighted by Gasteiger charge is 2.15. The van der Waals surface area contributed by atoms with Crippen LogP contribution >= 0.6 is 0 Å². The third-order valence-corrected chi connectivity index (χ3v) is 4.36. The zero-order valence-electron chi connectivity index (χ0n) is 16.3. The molecule has 6 nitrogen and oxygen atoms in total. The molecule has 6 heteroatoms. The van der Waals surface area contributed by atoms with Gasteiger partial charge in [0.25, 0.3) is 5.91 Å². The molecule has 150 valence electrons. The van der Waals surface area contributed by atoms with Gasteiger partial charge < -0.3 is 19.2 Å². The first-order valence-corrected chi connectivity index (χ1v) is 9.48.